The van der Waals surface area contributed by atoms with Crippen molar-refractivity contribution < 1.29 is 18.7 Å². The van der Waals surface area contributed by atoms with Crippen molar-refractivity contribution in [3.8, 4) is 0 Å². The third-order valence-electron chi connectivity index (χ3n) is 3.69. The standard InChI is InChI=1S/C16H17NO4/c1-9-7-8-13(20-9)16(19)17-14-11-5-3-4-6-12(11)21-15(14)10(2)18/h3-6,9,13H,7-8H2,1-2H3,(H,17,19). The topological polar surface area (TPSA) is 68.5 Å². The van der Waals surface area contributed by atoms with Gasteiger partial charge in [-0.1, -0.05) is 12.1 Å². The van der Waals surface area contributed by atoms with Crippen LogP contribution >= 0.6 is 0 Å². The lowest BCUT2D eigenvalue weighted by Crippen LogP contribution is -2.28. The number of ketones is 1. The number of rotatable bonds is 3. The highest BCUT2D eigenvalue weighted by molar-refractivity contribution is 6.11. The van der Waals surface area contributed by atoms with Crippen molar-refractivity contribution in [2.45, 2.75) is 38.9 Å². The Hall–Kier alpha value is -2.14. The van der Waals surface area contributed by atoms with Gasteiger partial charge in [0, 0.05) is 12.3 Å². The zero-order valence-corrected chi connectivity index (χ0v) is 12.0. The minimum Gasteiger partial charge on any atom is -0.451 e. The summed E-state index contributed by atoms with van der Waals surface area (Å²) in [5.41, 5.74) is 1.02. The van der Waals surface area contributed by atoms with Crippen molar-refractivity contribution in [2.75, 3.05) is 5.32 Å². The molecule has 2 aromatic rings. The van der Waals surface area contributed by atoms with Crippen molar-refractivity contribution >= 4 is 28.3 Å². The van der Waals surface area contributed by atoms with Gasteiger partial charge in [0.25, 0.3) is 5.91 Å². The van der Waals surface area contributed by atoms with E-state index in [1.165, 1.54) is 6.92 Å². The molecule has 110 valence electrons. The Morgan fingerprint density at radius 1 is 1.24 bits per heavy atom. The summed E-state index contributed by atoms with van der Waals surface area (Å²) in [6, 6.07) is 7.25. The Labute approximate surface area is 122 Å². The summed E-state index contributed by atoms with van der Waals surface area (Å²) in [5, 5.41) is 3.52. The van der Waals surface area contributed by atoms with E-state index in [0.29, 0.717) is 17.7 Å². The summed E-state index contributed by atoms with van der Waals surface area (Å²) in [7, 11) is 0. The van der Waals surface area contributed by atoms with Crippen molar-refractivity contribution in [1.29, 1.82) is 0 Å². The summed E-state index contributed by atoms with van der Waals surface area (Å²) >= 11 is 0. The van der Waals surface area contributed by atoms with Gasteiger partial charge in [0.15, 0.2) is 11.5 Å². The van der Waals surface area contributed by atoms with Crippen molar-refractivity contribution in [1.82, 2.24) is 0 Å². The second-order valence-corrected chi connectivity index (χ2v) is 5.36. The zero-order valence-electron chi connectivity index (χ0n) is 12.0. The third kappa shape index (κ3) is 2.56. The Morgan fingerprint density at radius 2 is 2.00 bits per heavy atom. The number of anilines is 1. The van der Waals surface area contributed by atoms with E-state index in [2.05, 4.69) is 5.32 Å². The number of Topliss-reactive ketones (excluding diaryl/α,β-unsaturated/α-hetero) is 1. The average molecular weight is 287 g/mol. The second-order valence-electron chi connectivity index (χ2n) is 5.36. The van der Waals surface area contributed by atoms with Crippen LogP contribution in [0.5, 0.6) is 0 Å². The van der Waals surface area contributed by atoms with E-state index < -0.39 is 6.10 Å². The van der Waals surface area contributed by atoms with E-state index in [4.69, 9.17) is 9.15 Å². The number of hydrogen-bond acceptors (Lipinski definition) is 4. The first-order chi connectivity index (χ1) is 10.1. The van der Waals surface area contributed by atoms with Crippen LogP contribution in [0.3, 0.4) is 0 Å². The molecule has 1 N–H and O–H groups in total. The van der Waals surface area contributed by atoms with E-state index in [0.717, 1.165) is 11.8 Å². The number of para-hydroxylation sites is 1. The van der Waals surface area contributed by atoms with Gasteiger partial charge in [0.05, 0.1) is 11.8 Å². The molecule has 0 saturated carbocycles. The molecule has 3 rings (SSSR count). The molecule has 0 spiro atoms. The average Bonchev–Trinajstić information content (AvgIpc) is 3.03. The molecule has 1 aromatic heterocycles. The summed E-state index contributed by atoms with van der Waals surface area (Å²) < 4.78 is 11.1. The van der Waals surface area contributed by atoms with Crippen molar-refractivity contribution in [3.63, 3.8) is 0 Å². The van der Waals surface area contributed by atoms with E-state index in [1.807, 2.05) is 25.1 Å². The highest BCUT2D eigenvalue weighted by Crippen LogP contribution is 2.32. The van der Waals surface area contributed by atoms with Gasteiger partial charge in [-0.15, -0.1) is 0 Å². The number of carbonyl (C=O) groups is 2. The minimum absolute atomic E-state index is 0.0918. The van der Waals surface area contributed by atoms with Gasteiger partial charge in [-0.2, -0.15) is 0 Å². The Morgan fingerprint density at radius 3 is 2.67 bits per heavy atom. The number of ether oxygens (including phenoxy) is 1. The first kappa shape index (κ1) is 13.8. The molecule has 2 heterocycles. The molecule has 21 heavy (non-hydrogen) atoms. The Kier molecular flexibility index (Phi) is 3.51. The molecule has 0 aliphatic carbocycles. The largest absolute Gasteiger partial charge is 0.451 e. The van der Waals surface area contributed by atoms with Crippen LogP contribution < -0.4 is 5.32 Å². The van der Waals surface area contributed by atoms with Gasteiger partial charge in [-0.05, 0) is 31.9 Å². The number of furan rings is 1. The van der Waals surface area contributed by atoms with Gasteiger partial charge < -0.3 is 14.5 Å². The fourth-order valence-corrected chi connectivity index (χ4v) is 2.62. The molecule has 2 unspecified atom stereocenters. The van der Waals surface area contributed by atoms with Crippen molar-refractivity contribution in [3.05, 3.63) is 30.0 Å². The molecule has 1 amide bonds. The van der Waals surface area contributed by atoms with Crippen LogP contribution in [0.15, 0.2) is 28.7 Å². The van der Waals surface area contributed by atoms with Gasteiger partial charge in [0.1, 0.15) is 11.7 Å². The molecule has 0 bridgehead atoms. The number of fused-ring (bicyclic) bond motifs is 1. The maximum absolute atomic E-state index is 12.3. The van der Waals surface area contributed by atoms with Crippen LogP contribution in [-0.2, 0) is 9.53 Å². The lowest BCUT2D eigenvalue weighted by Gasteiger charge is -2.11. The molecular formula is C16H17NO4. The van der Waals surface area contributed by atoms with Crippen LogP contribution in [0.2, 0.25) is 0 Å². The van der Waals surface area contributed by atoms with Crippen LogP contribution in [0.4, 0.5) is 5.69 Å². The first-order valence-electron chi connectivity index (χ1n) is 7.05. The number of nitrogens with one attached hydrogen (secondary N) is 1. The predicted octanol–water partition coefficient (Wildman–Crippen LogP) is 3.14. The Bertz CT molecular complexity index is 703. The van der Waals surface area contributed by atoms with Crippen LogP contribution in [0.25, 0.3) is 11.0 Å². The van der Waals surface area contributed by atoms with E-state index in [-0.39, 0.29) is 23.6 Å². The molecule has 1 aromatic carbocycles. The van der Waals surface area contributed by atoms with Crippen LogP contribution in [0.1, 0.15) is 37.2 Å². The summed E-state index contributed by atoms with van der Waals surface area (Å²) in [6.45, 7) is 3.36. The second kappa shape index (κ2) is 5.33. The maximum atomic E-state index is 12.3. The van der Waals surface area contributed by atoms with E-state index in [1.54, 1.807) is 6.07 Å². The smallest absolute Gasteiger partial charge is 0.253 e. The number of amides is 1. The molecule has 1 fully saturated rings. The van der Waals surface area contributed by atoms with Gasteiger partial charge in [0.2, 0.25) is 0 Å². The molecular weight excluding hydrogens is 270 g/mol. The van der Waals surface area contributed by atoms with E-state index >= 15 is 0 Å². The summed E-state index contributed by atoms with van der Waals surface area (Å²) in [5.74, 6) is -0.272. The molecule has 1 aliphatic rings. The number of benzene rings is 1. The zero-order chi connectivity index (χ0) is 15.0. The quantitative estimate of drug-likeness (QED) is 0.880. The highest BCUT2D eigenvalue weighted by atomic mass is 16.5. The number of hydrogen-bond donors (Lipinski definition) is 1. The first-order valence-corrected chi connectivity index (χ1v) is 7.05. The Balaban J connectivity index is 1.93. The minimum atomic E-state index is -0.464. The number of carbonyl (C=O) groups excluding carboxylic acids is 2. The SMILES string of the molecule is CC(=O)c1oc2ccccc2c1NC(=O)C1CCC(C)O1. The van der Waals surface area contributed by atoms with Gasteiger partial charge >= 0.3 is 0 Å². The van der Waals surface area contributed by atoms with Crippen LogP contribution in [-0.4, -0.2) is 23.9 Å². The fraction of sp³-hybridized carbons (Fsp3) is 0.375. The maximum Gasteiger partial charge on any atom is 0.253 e. The molecule has 2 atom stereocenters. The normalized spacial score (nSPS) is 21.6. The lowest BCUT2D eigenvalue weighted by molar-refractivity contribution is -0.126. The van der Waals surface area contributed by atoms with Gasteiger partial charge in [-0.3, -0.25) is 9.59 Å². The lowest BCUT2D eigenvalue weighted by atomic mass is 10.1. The van der Waals surface area contributed by atoms with E-state index in [9.17, 15) is 9.59 Å². The fourth-order valence-electron chi connectivity index (χ4n) is 2.62. The highest BCUT2D eigenvalue weighted by Gasteiger charge is 2.30. The van der Waals surface area contributed by atoms with Gasteiger partial charge in [-0.25, -0.2) is 0 Å². The molecule has 5 nitrogen and oxygen atoms in total. The monoisotopic (exact) mass is 287 g/mol. The molecule has 1 aliphatic heterocycles. The summed E-state index contributed by atoms with van der Waals surface area (Å²) in [4.78, 5) is 24.0. The van der Waals surface area contributed by atoms with Crippen LogP contribution in [0, 0.1) is 0 Å². The van der Waals surface area contributed by atoms with Crippen molar-refractivity contribution in [2.24, 2.45) is 0 Å². The predicted molar refractivity (Wildman–Crippen MR) is 78.4 cm³/mol. The summed E-state index contributed by atoms with van der Waals surface area (Å²) in [6.07, 6.45) is 1.18. The molecule has 5 heteroatoms. The third-order valence-corrected chi connectivity index (χ3v) is 3.69. The molecule has 0 radical (unpaired) electrons. The molecule has 1 saturated heterocycles.